The number of anilines is 1. The average Bonchev–Trinajstić information content (AvgIpc) is 2.66. The first-order valence-electron chi connectivity index (χ1n) is 8.02. The SMILES string of the molecule is COc1ccc(NC(=O)NCC(O)c2cccc3ccccc23)cc1. The summed E-state index contributed by atoms with van der Waals surface area (Å²) in [7, 11) is 1.59. The summed E-state index contributed by atoms with van der Waals surface area (Å²) >= 11 is 0. The average molecular weight is 336 g/mol. The minimum Gasteiger partial charge on any atom is -0.497 e. The fourth-order valence-corrected chi connectivity index (χ4v) is 2.69. The molecule has 2 amide bonds. The van der Waals surface area contributed by atoms with Crippen LogP contribution in [0, 0.1) is 0 Å². The Kier molecular flexibility index (Phi) is 5.16. The molecule has 25 heavy (non-hydrogen) atoms. The van der Waals surface area contributed by atoms with Crippen molar-refractivity contribution < 1.29 is 14.6 Å². The topological polar surface area (TPSA) is 70.6 Å². The van der Waals surface area contributed by atoms with E-state index in [9.17, 15) is 9.90 Å². The van der Waals surface area contributed by atoms with Gasteiger partial charge in [-0.2, -0.15) is 0 Å². The Balaban J connectivity index is 1.61. The Hall–Kier alpha value is -3.05. The molecule has 0 saturated carbocycles. The maximum Gasteiger partial charge on any atom is 0.319 e. The molecule has 3 aromatic carbocycles. The molecule has 3 aromatic rings. The van der Waals surface area contributed by atoms with Gasteiger partial charge in [-0.1, -0.05) is 42.5 Å². The van der Waals surface area contributed by atoms with Crippen LogP contribution in [0.1, 0.15) is 11.7 Å². The molecule has 3 N–H and O–H groups in total. The molecule has 1 unspecified atom stereocenters. The molecule has 0 heterocycles. The zero-order chi connectivity index (χ0) is 17.6. The summed E-state index contributed by atoms with van der Waals surface area (Å²) in [5, 5.41) is 17.9. The van der Waals surface area contributed by atoms with Gasteiger partial charge in [0, 0.05) is 12.2 Å². The number of carbonyl (C=O) groups is 1. The molecular weight excluding hydrogens is 316 g/mol. The van der Waals surface area contributed by atoms with E-state index in [2.05, 4.69) is 10.6 Å². The number of benzene rings is 3. The molecule has 0 aliphatic heterocycles. The van der Waals surface area contributed by atoms with Crippen molar-refractivity contribution >= 4 is 22.5 Å². The van der Waals surface area contributed by atoms with Gasteiger partial charge in [-0.25, -0.2) is 4.79 Å². The Morgan fingerprint density at radius 2 is 1.76 bits per heavy atom. The smallest absolute Gasteiger partial charge is 0.319 e. The third kappa shape index (κ3) is 4.08. The Labute approximate surface area is 146 Å². The Bertz CT molecular complexity index is 857. The predicted octanol–water partition coefficient (Wildman–Crippen LogP) is 3.70. The maximum absolute atomic E-state index is 12.0. The first-order valence-corrected chi connectivity index (χ1v) is 8.02. The van der Waals surface area contributed by atoms with E-state index in [4.69, 9.17) is 4.74 Å². The van der Waals surface area contributed by atoms with Gasteiger partial charge in [0.15, 0.2) is 0 Å². The standard InChI is InChI=1S/C20H20N2O3/c1-25-16-11-9-15(10-12-16)22-20(24)21-13-19(23)18-8-4-6-14-5-2-3-7-17(14)18/h2-12,19,23H,13H2,1H3,(H2,21,22,24). The van der Waals surface area contributed by atoms with Crippen molar-refractivity contribution in [3.05, 3.63) is 72.3 Å². The van der Waals surface area contributed by atoms with E-state index in [-0.39, 0.29) is 12.6 Å². The van der Waals surface area contributed by atoms with E-state index in [1.807, 2.05) is 42.5 Å². The highest BCUT2D eigenvalue weighted by molar-refractivity contribution is 5.89. The number of nitrogens with one attached hydrogen (secondary N) is 2. The lowest BCUT2D eigenvalue weighted by molar-refractivity contribution is 0.176. The second-order valence-electron chi connectivity index (χ2n) is 5.65. The number of carbonyl (C=O) groups excluding carboxylic acids is 1. The van der Waals surface area contributed by atoms with Gasteiger partial charge >= 0.3 is 6.03 Å². The molecule has 1 atom stereocenters. The van der Waals surface area contributed by atoms with Crippen LogP contribution in [0.4, 0.5) is 10.5 Å². The van der Waals surface area contributed by atoms with E-state index < -0.39 is 6.10 Å². The predicted molar refractivity (Wildman–Crippen MR) is 98.9 cm³/mol. The van der Waals surface area contributed by atoms with Crippen molar-refractivity contribution in [2.75, 3.05) is 19.0 Å². The van der Waals surface area contributed by atoms with Crippen molar-refractivity contribution in [3.8, 4) is 5.75 Å². The monoisotopic (exact) mass is 336 g/mol. The number of aliphatic hydroxyl groups excluding tert-OH is 1. The van der Waals surface area contributed by atoms with Crippen LogP contribution >= 0.6 is 0 Å². The van der Waals surface area contributed by atoms with E-state index in [0.29, 0.717) is 5.69 Å². The van der Waals surface area contributed by atoms with Crippen molar-refractivity contribution in [3.63, 3.8) is 0 Å². The summed E-state index contributed by atoms with van der Waals surface area (Å²) in [4.78, 5) is 12.0. The second-order valence-corrected chi connectivity index (χ2v) is 5.65. The van der Waals surface area contributed by atoms with Gasteiger partial charge in [0.25, 0.3) is 0 Å². The molecule has 0 aliphatic rings. The van der Waals surface area contributed by atoms with E-state index in [1.54, 1.807) is 31.4 Å². The van der Waals surface area contributed by atoms with Gasteiger partial charge in [-0.15, -0.1) is 0 Å². The number of methoxy groups -OCH3 is 1. The molecule has 0 fully saturated rings. The minimum atomic E-state index is -0.785. The molecule has 0 bridgehead atoms. The summed E-state index contributed by atoms with van der Waals surface area (Å²) in [6, 6.07) is 20.3. The van der Waals surface area contributed by atoms with Gasteiger partial charge < -0.3 is 20.5 Å². The van der Waals surface area contributed by atoms with Crippen molar-refractivity contribution in [1.82, 2.24) is 5.32 Å². The highest BCUT2D eigenvalue weighted by Gasteiger charge is 2.12. The lowest BCUT2D eigenvalue weighted by Crippen LogP contribution is -2.32. The molecule has 3 rings (SSSR count). The fourth-order valence-electron chi connectivity index (χ4n) is 2.69. The number of ether oxygens (including phenoxy) is 1. The first-order chi connectivity index (χ1) is 12.2. The van der Waals surface area contributed by atoms with Crippen molar-refractivity contribution in [1.29, 1.82) is 0 Å². The molecule has 5 nitrogen and oxygen atoms in total. The molecule has 0 aliphatic carbocycles. The number of fused-ring (bicyclic) bond motifs is 1. The van der Waals surface area contributed by atoms with E-state index in [0.717, 1.165) is 22.1 Å². The molecule has 5 heteroatoms. The van der Waals surface area contributed by atoms with Gasteiger partial charge in [-0.05, 0) is 40.6 Å². The summed E-state index contributed by atoms with van der Waals surface area (Å²) in [6.07, 6.45) is -0.785. The molecule has 0 saturated heterocycles. The fraction of sp³-hybridized carbons (Fsp3) is 0.150. The molecule has 0 spiro atoms. The van der Waals surface area contributed by atoms with Crippen LogP contribution in [0.25, 0.3) is 10.8 Å². The summed E-state index contributed by atoms with van der Waals surface area (Å²) in [5.41, 5.74) is 1.45. The van der Waals surface area contributed by atoms with Crippen LogP contribution in [0.2, 0.25) is 0 Å². The maximum atomic E-state index is 12.0. The van der Waals surface area contributed by atoms with Crippen LogP contribution in [-0.4, -0.2) is 24.8 Å². The number of rotatable bonds is 5. The van der Waals surface area contributed by atoms with Gasteiger partial charge in [-0.3, -0.25) is 0 Å². The van der Waals surface area contributed by atoms with Crippen LogP contribution < -0.4 is 15.4 Å². The third-order valence-electron chi connectivity index (χ3n) is 3.99. The normalized spacial score (nSPS) is 11.8. The molecule has 128 valence electrons. The number of amides is 2. The van der Waals surface area contributed by atoms with E-state index >= 15 is 0 Å². The summed E-state index contributed by atoms with van der Waals surface area (Å²) in [6.45, 7) is 0.121. The number of hydrogen-bond acceptors (Lipinski definition) is 3. The van der Waals surface area contributed by atoms with Crippen LogP contribution in [0.3, 0.4) is 0 Å². The lowest BCUT2D eigenvalue weighted by Gasteiger charge is -2.15. The highest BCUT2D eigenvalue weighted by Crippen LogP contribution is 2.23. The van der Waals surface area contributed by atoms with Crippen molar-refractivity contribution in [2.24, 2.45) is 0 Å². The minimum absolute atomic E-state index is 0.121. The zero-order valence-electron chi connectivity index (χ0n) is 13.9. The second kappa shape index (κ2) is 7.68. The summed E-state index contributed by atoms with van der Waals surface area (Å²) < 4.78 is 5.08. The van der Waals surface area contributed by atoms with Crippen molar-refractivity contribution in [2.45, 2.75) is 6.10 Å². The Morgan fingerprint density at radius 1 is 1.04 bits per heavy atom. The van der Waals surface area contributed by atoms with Crippen LogP contribution in [0.15, 0.2) is 66.7 Å². The lowest BCUT2D eigenvalue weighted by atomic mass is 10.0. The zero-order valence-corrected chi connectivity index (χ0v) is 13.9. The van der Waals surface area contributed by atoms with E-state index in [1.165, 1.54) is 0 Å². The third-order valence-corrected chi connectivity index (χ3v) is 3.99. The number of hydrogen-bond donors (Lipinski definition) is 3. The number of aliphatic hydroxyl groups is 1. The quantitative estimate of drug-likeness (QED) is 0.665. The highest BCUT2D eigenvalue weighted by atomic mass is 16.5. The van der Waals surface area contributed by atoms with Gasteiger partial charge in [0.05, 0.1) is 13.2 Å². The summed E-state index contributed by atoms with van der Waals surface area (Å²) in [5.74, 6) is 0.720. The molecule has 0 aromatic heterocycles. The van der Waals surface area contributed by atoms with Crippen LogP contribution in [0.5, 0.6) is 5.75 Å². The Morgan fingerprint density at radius 3 is 2.52 bits per heavy atom. The molecule has 0 radical (unpaired) electrons. The van der Waals surface area contributed by atoms with Crippen LogP contribution in [-0.2, 0) is 0 Å². The number of urea groups is 1. The van der Waals surface area contributed by atoms with Gasteiger partial charge in [0.2, 0.25) is 0 Å². The molecular formula is C20H20N2O3. The largest absolute Gasteiger partial charge is 0.497 e. The van der Waals surface area contributed by atoms with Gasteiger partial charge in [0.1, 0.15) is 5.75 Å². The first kappa shape index (κ1) is 16.8.